The van der Waals surface area contributed by atoms with Crippen LogP contribution in [0.3, 0.4) is 0 Å². The summed E-state index contributed by atoms with van der Waals surface area (Å²) >= 11 is 0. The van der Waals surface area contributed by atoms with Gasteiger partial charge in [0.1, 0.15) is 34.0 Å². The first-order valence-corrected chi connectivity index (χ1v) is 18.8. The fourth-order valence-corrected chi connectivity index (χ4v) is 7.23. The highest BCUT2D eigenvalue weighted by Gasteiger charge is 2.29. The summed E-state index contributed by atoms with van der Waals surface area (Å²) in [6.07, 6.45) is 2.94. The Kier molecular flexibility index (Phi) is 14.7. The van der Waals surface area contributed by atoms with Crippen LogP contribution in [0.25, 0.3) is 0 Å². The Morgan fingerprint density at radius 1 is 0.680 bits per heavy atom. The molecule has 0 amide bonds. The molecule has 0 aliphatic carbocycles. The lowest BCUT2D eigenvalue weighted by Gasteiger charge is -2.16. The topological polar surface area (TPSA) is 116 Å². The minimum atomic E-state index is -4.27. The number of hydrogen-bond acceptors (Lipinski definition) is 9. The van der Waals surface area contributed by atoms with Gasteiger partial charge in [-0.15, -0.1) is 0 Å². The highest BCUT2D eigenvalue weighted by atomic mass is 32.2. The second kappa shape index (κ2) is 19.1. The molecule has 0 radical (unpaired) electrons. The first-order valence-electron chi connectivity index (χ1n) is 16.2. The van der Waals surface area contributed by atoms with Crippen molar-refractivity contribution in [2.45, 2.75) is 73.4 Å². The Bertz CT molecular complexity index is 1780. The Hall–Kier alpha value is -4.39. The maximum Gasteiger partial charge on any atom is 0.196 e. The van der Waals surface area contributed by atoms with E-state index in [1.165, 1.54) is 12.1 Å². The Morgan fingerprint density at radius 2 is 1.20 bits per heavy atom. The summed E-state index contributed by atoms with van der Waals surface area (Å²) in [5.41, 5.74) is 2.00. The molecular weight excluding hydrogens is 675 g/mol. The van der Waals surface area contributed by atoms with E-state index >= 15 is 0 Å². The first kappa shape index (κ1) is 38.4. The molecule has 5 rings (SSSR count). The van der Waals surface area contributed by atoms with Crippen molar-refractivity contribution in [2.75, 3.05) is 13.2 Å². The SMILES string of the molecule is CCOC(C)Oc1ccc([S+](c2ccc(OC(C)OCC)cc2)c2cccc(OCc3ccncc3)c2)cc1.Cc1ccc(S(=O)(=O)[O-])cc1. The van der Waals surface area contributed by atoms with Crippen LogP contribution in [0.4, 0.5) is 0 Å². The lowest BCUT2D eigenvalue weighted by molar-refractivity contribution is -0.0616. The Morgan fingerprint density at radius 3 is 1.68 bits per heavy atom. The van der Waals surface area contributed by atoms with E-state index in [0.29, 0.717) is 19.8 Å². The van der Waals surface area contributed by atoms with E-state index in [9.17, 15) is 13.0 Å². The van der Waals surface area contributed by atoms with Gasteiger partial charge in [-0.1, -0.05) is 23.8 Å². The fourth-order valence-electron chi connectivity index (χ4n) is 4.68. The zero-order chi connectivity index (χ0) is 35.9. The molecule has 4 aromatic carbocycles. The smallest absolute Gasteiger partial charge is 0.196 e. The number of ether oxygens (including phenoxy) is 5. The monoisotopic (exact) mass is 717 g/mol. The molecule has 50 heavy (non-hydrogen) atoms. The second-order valence-electron chi connectivity index (χ2n) is 10.9. The van der Waals surface area contributed by atoms with Gasteiger partial charge in [0.05, 0.1) is 15.8 Å². The van der Waals surface area contributed by atoms with E-state index in [-0.39, 0.29) is 28.4 Å². The summed E-state index contributed by atoms with van der Waals surface area (Å²) in [5.74, 6) is 2.36. The van der Waals surface area contributed by atoms with Gasteiger partial charge in [-0.25, -0.2) is 8.42 Å². The molecule has 0 aliphatic rings. The van der Waals surface area contributed by atoms with Crippen molar-refractivity contribution in [3.05, 3.63) is 133 Å². The van der Waals surface area contributed by atoms with Crippen molar-refractivity contribution in [3.8, 4) is 17.2 Å². The molecule has 2 unspecified atom stereocenters. The molecule has 0 aliphatic heterocycles. The molecule has 9 nitrogen and oxygen atoms in total. The minimum Gasteiger partial charge on any atom is -0.744 e. The quantitative estimate of drug-likeness (QED) is 0.0601. The van der Waals surface area contributed by atoms with Crippen molar-refractivity contribution in [2.24, 2.45) is 0 Å². The number of aromatic nitrogens is 1. The number of benzene rings is 4. The first-order chi connectivity index (χ1) is 24.0. The van der Waals surface area contributed by atoms with Crippen LogP contribution in [0, 0.1) is 6.92 Å². The van der Waals surface area contributed by atoms with Crippen LogP contribution in [-0.2, 0) is 37.1 Å². The van der Waals surface area contributed by atoms with Gasteiger partial charge in [-0.3, -0.25) is 4.98 Å². The maximum absolute atomic E-state index is 10.4. The molecule has 5 aromatic rings. The van der Waals surface area contributed by atoms with Gasteiger partial charge in [0.2, 0.25) is 0 Å². The number of pyridine rings is 1. The summed E-state index contributed by atoms with van der Waals surface area (Å²) in [7, 11) is -4.65. The largest absolute Gasteiger partial charge is 0.744 e. The van der Waals surface area contributed by atoms with Crippen molar-refractivity contribution in [1.82, 2.24) is 4.98 Å². The van der Waals surface area contributed by atoms with Crippen molar-refractivity contribution >= 4 is 21.0 Å². The van der Waals surface area contributed by atoms with Crippen LogP contribution in [0.1, 0.15) is 38.8 Å². The molecule has 1 heterocycles. The molecule has 264 valence electrons. The van der Waals surface area contributed by atoms with Crippen LogP contribution < -0.4 is 14.2 Å². The van der Waals surface area contributed by atoms with Gasteiger partial charge in [0.25, 0.3) is 0 Å². The molecule has 0 N–H and O–H groups in total. The van der Waals surface area contributed by atoms with Crippen LogP contribution in [0.2, 0.25) is 0 Å². The van der Waals surface area contributed by atoms with E-state index in [1.54, 1.807) is 24.5 Å². The van der Waals surface area contributed by atoms with Crippen molar-refractivity contribution < 1.29 is 36.7 Å². The Balaban J connectivity index is 0.000000435. The van der Waals surface area contributed by atoms with Gasteiger partial charge >= 0.3 is 0 Å². The molecular formula is C39H43NO8S2. The predicted octanol–water partition coefficient (Wildman–Crippen LogP) is 8.18. The van der Waals surface area contributed by atoms with E-state index in [0.717, 1.165) is 43.1 Å². The third kappa shape index (κ3) is 12.2. The third-order valence-electron chi connectivity index (χ3n) is 7.03. The lowest BCUT2D eigenvalue weighted by atomic mass is 10.2. The zero-order valence-corrected chi connectivity index (χ0v) is 30.5. The maximum atomic E-state index is 10.4. The molecule has 0 fully saturated rings. The van der Waals surface area contributed by atoms with Crippen LogP contribution >= 0.6 is 0 Å². The molecule has 1 aromatic heterocycles. The summed E-state index contributed by atoms with van der Waals surface area (Å²) in [5, 5.41) is 0. The highest BCUT2D eigenvalue weighted by molar-refractivity contribution is 7.97. The predicted molar refractivity (Wildman–Crippen MR) is 193 cm³/mol. The molecule has 0 bridgehead atoms. The molecule has 0 spiro atoms. The van der Waals surface area contributed by atoms with Crippen LogP contribution in [-0.4, -0.2) is 43.7 Å². The minimum absolute atomic E-state index is 0.178. The van der Waals surface area contributed by atoms with Gasteiger partial charge in [-0.05, 0) is 125 Å². The van der Waals surface area contributed by atoms with E-state index in [4.69, 9.17) is 23.7 Å². The van der Waals surface area contributed by atoms with Crippen LogP contribution in [0.15, 0.2) is 141 Å². The number of aryl methyl sites for hydroxylation is 1. The van der Waals surface area contributed by atoms with Gasteiger partial charge in [-0.2, -0.15) is 0 Å². The Labute approximate surface area is 298 Å². The summed E-state index contributed by atoms with van der Waals surface area (Å²) in [6.45, 7) is 11.2. The summed E-state index contributed by atoms with van der Waals surface area (Å²) in [4.78, 5) is 7.37. The van der Waals surface area contributed by atoms with Gasteiger partial charge in [0.15, 0.2) is 27.3 Å². The summed E-state index contributed by atoms with van der Waals surface area (Å²) in [6, 6.07) is 34.4. The van der Waals surface area contributed by atoms with Crippen molar-refractivity contribution in [3.63, 3.8) is 0 Å². The fraction of sp³-hybridized carbons (Fsp3) is 0.256. The average Bonchev–Trinajstić information content (AvgIpc) is 3.10. The van der Waals surface area contributed by atoms with Gasteiger partial charge in [0, 0.05) is 31.7 Å². The van der Waals surface area contributed by atoms with Gasteiger partial charge < -0.3 is 28.2 Å². The van der Waals surface area contributed by atoms with Crippen LogP contribution in [0.5, 0.6) is 17.2 Å². The lowest BCUT2D eigenvalue weighted by Crippen LogP contribution is -2.16. The molecule has 2 atom stereocenters. The second-order valence-corrected chi connectivity index (χ2v) is 14.3. The summed E-state index contributed by atoms with van der Waals surface area (Å²) < 4.78 is 60.1. The molecule has 0 saturated carbocycles. The average molecular weight is 718 g/mol. The molecule has 0 saturated heterocycles. The highest BCUT2D eigenvalue weighted by Crippen LogP contribution is 2.35. The number of nitrogens with zero attached hydrogens (tertiary/aromatic N) is 1. The van der Waals surface area contributed by atoms with E-state index in [2.05, 4.69) is 41.4 Å². The van der Waals surface area contributed by atoms with Crippen molar-refractivity contribution in [1.29, 1.82) is 0 Å². The third-order valence-corrected chi connectivity index (χ3v) is 10.1. The van der Waals surface area contributed by atoms with E-state index in [1.807, 2.05) is 83.1 Å². The number of rotatable bonds is 15. The zero-order valence-electron chi connectivity index (χ0n) is 28.9. The normalized spacial score (nSPS) is 12.9. The van der Waals surface area contributed by atoms with E-state index < -0.39 is 10.1 Å². The number of hydrogen-bond donors (Lipinski definition) is 0. The standard InChI is InChI=1S/C32H36NO5S.C7H8O3S/c1-5-34-24(3)37-27-10-14-30(15-11-27)39(31-16-12-28(13-17-31)38-25(4)35-6-2)32-9-7-8-29(22-32)36-23-26-18-20-33-21-19-26;1-6-2-4-7(5-3-6)11(8,9)10/h7-22,24-25H,5-6,23H2,1-4H3;2-5H,1H3,(H,8,9,10)/q+1;/p-1. The molecule has 11 heteroatoms.